The van der Waals surface area contributed by atoms with Crippen molar-refractivity contribution in [2.24, 2.45) is 0 Å². The third-order valence-electron chi connectivity index (χ3n) is 4.15. The molecule has 0 spiro atoms. The molecule has 0 aliphatic heterocycles. The fourth-order valence-electron chi connectivity index (χ4n) is 3.26. The van der Waals surface area contributed by atoms with Crippen LogP contribution in [0, 0.1) is 0 Å². The van der Waals surface area contributed by atoms with Crippen LogP contribution in [0.5, 0.6) is 0 Å². The van der Waals surface area contributed by atoms with Crippen LogP contribution in [-0.4, -0.2) is 4.98 Å². The molecule has 2 heteroatoms. The van der Waals surface area contributed by atoms with E-state index in [9.17, 15) is 0 Å². The lowest BCUT2D eigenvalue weighted by Gasteiger charge is -1.95. The zero-order valence-electron chi connectivity index (χ0n) is 10.8. The summed E-state index contributed by atoms with van der Waals surface area (Å²) in [4.78, 5) is 3.62. The summed E-state index contributed by atoms with van der Waals surface area (Å²) in [5, 5.41) is 8.39. The van der Waals surface area contributed by atoms with E-state index in [0.717, 1.165) is 8.19 Å². The van der Waals surface area contributed by atoms with Gasteiger partial charge >= 0.3 is 0 Å². The van der Waals surface area contributed by atoms with E-state index < -0.39 is 0 Å². The second kappa shape index (κ2) is 3.65. The van der Waals surface area contributed by atoms with Gasteiger partial charge in [0.1, 0.15) is 0 Å². The van der Waals surface area contributed by atoms with Crippen LogP contribution in [0.2, 0.25) is 0 Å². The summed E-state index contributed by atoms with van der Waals surface area (Å²) in [5.41, 5.74) is 2.52. The molecule has 5 aromatic rings. The van der Waals surface area contributed by atoms with Crippen LogP contribution in [0.1, 0.15) is 0 Å². The molecule has 1 atom stereocenters. The Labute approximate surface area is 117 Å². The van der Waals surface area contributed by atoms with Crippen molar-refractivity contribution in [1.29, 1.82) is 0 Å². The molecule has 1 nitrogen and oxygen atoms in total. The number of aromatic amines is 1. The van der Waals surface area contributed by atoms with Crippen LogP contribution >= 0.6 is 8.19 Å². The molecule has 20 heavy (non-hydrogen) atoms. The largest absolute Gasteiger partial charge is 0.354 e. The minimum atomic E-state index is 0.781. The van der Waals surface area contributed by atoms with E-state index in [4.69, 9.17) is 0 Å². The molecule has 3 aromatic carbocycles. The number of benzene rings is 3. The number of hydrogen-bond donors (Lipinski definition) is 1. The Morgan fingerprint density at radius 1 is 0.650 bits per heavy atom. The molecule has 5 rings (SSSR count). The lowest BCUT2D eigenvalue weighted by molar-refractivity contribution is 1.57. The Bertz CT molecular complexity index is 1100. The number of rotatable bonds is 0. The van der Waals surface area contributed by atoms with Gasteiger partial charge in [-0.15, -0.1) is 8.19 Å². The fourth-order valence-corrected chi connectivity index (χ4v) is 4.62. The number of aromatic nitrogens is 1. The van der Waals surface area contributed by atoms with Gasteiger partial charge in [0.05, 0.1) is 5.52 Å². The maximum atomic E-state index is 3.62. The fraction of sp³-hybridized carbons (Fsp3) is 0. The number of fused-ring (bicyclic) bond motifs is 7. The lowest BCUT2D eigenvalue weighted by Crippen LogP contribution is -1.70. The monoisotopic (exact) mass is 273 g/mol. The van der Waals surface area contributed by atoms with Crippen molar-refractivity contribution < 1.29 is 0 Å². The zero-order valence-corrected chi connectivity index (χ0v) is 11.8. The van der Waals surface area contributed by atoms with E-state index in [0.29, 0.717) is 0 Å². The first-order chi connectivity index (χ1) is 9.92. The van der Waals surface area contributed by atoms with Crippen molar-refractivity contribution in [3.8, 4) is 0 Å². The first-order valence-electron chi connectivity index (χ1n) is 6.82. The van der Waals surface area contributed by atoms with Gasteiger partial charge in [-0.1, -0.05) is 48.5 Å². The molecule has 0 fully saturated rings. The van der Waals surface area contributed by atoms with E-state index in [-0.39, 0.29) is 0 Å². The van der Waals surface area contributed by atoms with Gasteiger partial charge in [0.2, 0.25) is 0 Å². The first kappa shape index (κ1) is 10.5. The maximum absolute atomic E-state index is 3.62. The van der Waals surface area contributed by atoms with Crippen molar-refractivity contribution in [1.82, 2.24) is 4.98 Å². The van der Waals surface area contributed by atoms with Gasteiger partial charge in [0, 0.05) is 26.8 Å². The molecule has 0 amide bonds. The van der Waals surface area contributed by atoms with E-state index in [1.165, 1.54) is 42.8 Å². The minimum Gasteiger partial charge on any atom is -0.354 e. The average Bonchev–Trinajstić information content (AvgIpc) is 3.04. The third kappa shape index (κ3) is 1.23. The van der Waals surface area contributed by atoms with E-state index in [2.05, 4.69) is 65.6 Å². The molecule has 94 valence electrons. The quantitative estimate of drug-likeness (QED) is 0.375. The normalized spacial score (nSPS) is 12.4. The highest BCUT2D eigenvalue weighted by Crippen LogP contribution is 2.42. The van der Waals surface area contributed by atoms with Crippen molar-refractivity contribution in [3.63, 3.8) is 0 Å². The predicted octanol–water partition coefficient (Wildman–Crippen LogP) is 5.66. The van der Waals surface area contributed by atoms with Gasteiger partial charge in [-0.3, -0.25) is 0 Å². The highest BCUT2D eigenvalue weighted by Gasteiger charge is 2.10. The second-order valence-corrected chi connectivity index (χ2v) is 6.58. The molecule has 1 N–H and O–H groups in total. The van der Waals surface area contributed by atoms with Crippen molar-refractivity contribution in [3.05, 3.63) is 60.7 Å². The molecule has 0 saturated carbocycles. The van der Waals surface area contributed by atoms with Gasteiger partial charge < -0.3 is 4.98 Å². The summed E-state index contributed by atoms with van der Waals surface area (Å²) in [5.74, 6) is 0. The summed E-state index contributed by atoms with van der Waals surface area (Å²) < 4.78 is 0. The van der Waals surface area contributed by atoms with Crippen LogP contribution in [0.15, 0.2) is 60.7 Å². The van der Waals surface area contributed by atoms with Crippen molar-refractivity contribution >= 4 is 51.0 Å². The molecule has 1 unspecified atom stereocenters. The van der Waals surface area contributed by atoms with Crippen molar-refractivity contribution in [2.45, 2.75) is 0 Å². The summed E-state index contributed by atoms with van der Waals surface area (Å²) in [6.07, 6.45) is 0. The minimum absolute atomic E-state index is 0.781. The van der Waals surface area contributed by atoms with Gasteiger partial charge in [-0.05, 0) is 22.6 Å². The third-order valence-corrected chi connectivity index (χ3v) is 5.54. The summed E-state index contributed by atoms with van der Waals surface area (Å²) >= 11 is 0. The Hall–Kier alpha value is -2.24. The molecule has 0 radical (unpaired) electrons. The Kier molecular flexibility index (Phi) is 1.92. The highest BCUT2D eigenvalue weighted by atomic mass is 31.0. The highest BCUT2D eigenvalue weighted by molar-refractivity contribution is 7.44. The van der Waals surface area contributed by atoms with Gasteiger partial charge in [-0.25, -0.2) is 0 Å². The lowest BCUT2D eigenvalue weighted by atomic mass is 10.1. The smallest absolute Gasteiger partial charge is 0.0554 e. The zero-order chi connectivity index (χ0) is 13.1. The van der Waals surface area contributed by atoms with Gasteiger partial charge in [0.25, 0.3) is 0 Å². The van der Waals surface area contributed by atoms with E-state index in [1.807, 2.05) is 0 Å². The van der Waals surface area contributed by atoms with Gasteiger partial charge in [0.15, 0.2) is 0 Å². The Balaban J connectivity index is 2.14. The topological polar surface area (TPSA) is 15.8 Å². The van der Waals surface area contributed by atoms with Crippen LogP contribution in [0.25, 0.3) is 42.8 Å². The van der Waals surface area contributed by atoms with Crippen molar-refractivity contribution in [2.75, 3.05) is 0 Å². The molecule has 2 aromatic heterocycles. The number of H-pyrrole nitrogens is 1. The predicted molar refractivity (Wildman–Crippen MR) is 90.3 cm³/mol. The van der Waals surface area contributed by atoms with Crippen LogP contribution in [-0.2, 0) is 0 Å². The Morgan fingerprint density at radius 2 is 1.45 bits per heavy atom. The van der Waals surface area contributed by atoms with Gasteiger partial charge in [-0.2, -0.15) is 0 Å². The molecular formula is C18H12NP. The van der Waals surface area contributed by atoms with E-state index >= 15 is 0 Å². The van der Waals surface area contributed by atoms with Crippen LogP contribution in [0.3, 0.4) is 0 Å². The number of hydrogen-bond acceptors (Lipinski definition) is 0. The maximum Gasteiger partial charge on any atom is 0.0554 e. The molecule has 0 aliphatic rings. The number of nitrogens with one attached hydrogen (secondary N) is 1. The summed E-state index contributed by atoms with van der Waals surface area (Å²) in [7, 11) is 0.781. The molecule has 0 saturated heterocycles. The standard InChI is InChI=1S/C18H12NP/c1-3-7-14-11(5-1)12-9-10-16-17(18(12)19-14)13-6-2-4-8-15(13)20-16/h1-10,19-20H. The first-order valence-corrected chi connectivity index (χ1v) is 7.82. The Morgan fingerprint density at radius 3 is 2.40 bits per heavy atom. The summed E-state index contributed by atoms with van der Waals surface area (Å²) in [6, 6.07) is 21.9. The van der Waals surface area contributed by atoms with Crippen LogP contribution < -0.4 is 0 Å². The molecule has 0 bridgehead atoms. The SMILES string of the molecule is c1ccc2c(c1)[nH]c1c2ccc2[pH]c3ccccc3c21. The molecule has 2 heterocycles. The second-order valence-electron chi connectivity index (χ2n) is 5.25. The number of para-hydroxylation sites is 1. The summed E-state index contributed by atoms with van der Waals surface area (Å²) in [6.45, 7) is 0. The molecular weight excluding hydrogens is 261 g/mol. The average molecular weight is 273 g/mol. The van der Waals surface area contributed by atoms with E-state index in [1.54, 1.807) is 0 Å². The molecule has 0 aliphatic carbocycles. The van der Waals surface area contributed by atoms with Crippen LogP contribution in [0.4, 0.5) is 0 Å².